The van der Waals surface area contributed by atoms with Gasteiger partial charge in [0.2, 0.25) is 0 Å². The molecule has 0 aliphatic carbocycles. The fourth-order valence-electron chi connectivity index (χ4n) is 3.23. The van der Waals surface area contributed by atoms with Gasteiger partial charge in [0, 0.05) is 6.54 Å². The number of benzene rings is 1. The Morgan fingerprint density at radius 2 is 1.93 bits per heavy atom. The Hall–Kier alpha value is -2.06. The summed E-state index contributed by atoms with van der Waals surface area (Å²) in [5.41, 5.74) is 0.325. The van der Waals surface area contributed by atoms with E-state index in [0.29, 0.717) is 6.54 Å². The monoisotopic (exact) mass is 414 g/mol. The van der Waals surface area contributed by atoms with Gasteiger partial charge in [-0.3, -0.25) is 4.90 Å². The largest absolute Gasteiger partial charge is 0.444 e. The van der Waals surface area contributed by atoms with Gasteiger partial charge < -0.3 is 19.5 Å². The van der Waals surface area contributed by atoms with Crippen LogP contribution in [0.4, 0.5) is 4.79 Å². The first-order chi connectivity index (χ1) is 13.8. The van der Waals surface area contributed by atoms with E-state index < -0.39 is 16.8 Å². The molecule has 1 saturated heterocycles. The molecule has 1 aromatic carbocycles. The Kier molecular flexibility index (Phi) is 5.95. The van der Waals surface area contributed by atoms with Crippen LogP contribution in [0.5, 0.6) is 0 Å². The fourth-order valence-corrected chi connectivity index (χ4v) is 3.23. The summed E-state index contributed by atoms with van der Waals surface area (Å²) in [6.07, 6.45) is 1.46. The molecule has 1 aliphatic rings. The summed E-state index contributed by atoms with van der Waals surface area (Å²) >= 11 is 0. The number of nitrogens with zero attached hydrogens (tertiary/aromatic N) is 2. The summed E-state index contributed by atoms with van der Waals surface area (Å²) in [4.78, 5) is 22.4. The number of fused-ring (bicyclic) bond motifs is 1. The second-order valence-electron chi connectivity index (χ2n) is 10.0. The van der Waals surface area contributed by atoms with E-state index in [1.54, 1.807) is 26.2 Å². The average Bonchev–Trinajstić information content (AvgIpc) is 3.23. The van der Waals surface area contributed by atoms with E-state index in [2.05, 4.69) is 4.98 Å². The van der Waals surface area contributed by atoms with Gasteiger partial charge in [-0.05, 0) is 73.4 Å². The first-order valence-electron chi connectivity index (χ1n) is 10.5. The number of rotatable bonds is 5. The molecular weight excluding hydrogens is 381 g/mol. The maximum absolute atomic E-state index is 12.6. The Balaban J connectivity index is 1.76. The third-order valence-corrected chi connectivity index (χ3v) is 5.68. The van der Waals surface area contributed by atoms with Crippen molar-refractivity contribution in [2.24, 2.45) is 0 Å². The van der Waals surface area contributed by atoms with Gasteiger partial charge in [0.05, 0.1) is 28.3 Å². The number of aromatic amines is 1. The lowest BCUT2D eigenvalue weighted by Gasteiger charge is -2.37. The van der Waals surface area contributed by atoms with Gasteiger partial charge in [0.15, 0.2) is 0 Å². The van der Waals surface area contributed by atoms with E-state index in [4.69, 9.17) is 14.4 Å². The lowest BCUT2D eigenvalue weighted by Crippen LogP contribution is -2.49. The van der Waals surface area contributed by atoms with Crippen molar-refractivity contribution >= 4 is 30.1 Å². The number of likely N-dealkylation sites (tertiary alicyclic amines) is 1. The Morgan fingerprint density at radius 1 is 1.23 bits per heavy atom. The van der Waals surface area contributed by atoms with E-state index in [1.807, 2.05) is 52.8 Å². The number of amides is 1. The van der Waals surface area contributed by atoms with Crippen LogP contribution >= 0.6 is 0 Å². The van der Waals surface area contributed by atoms with Crippen molar-refractivity contribution < 1.29 is 19.3 Å². The number of nitrogens with one attached hydrogen (secondary N) is 1. The molecule has 0 bridgehead atoms. The minimum absolute atomic E-state index is 0.120. The van der Waals surface area contributed by atoms with Crippen molar-refractivity contribution in [2.45, 2.75) is 84.2 Å². The number of aliphatic hydroxyl groups is 1. The Bertz CT molecular complexity index is 911. The molecule has 1 amide bonds. The van der Waals surface area contributed by atoms with Crippen LogP contribution in [0.25, 0.3) is 11.0 Å². The first kappa shape index (κ1) is 22.6. The molecule has 2 aromatic rings. The van der Waals surface area contributed by atoms with E-state index in [1.165, 1.54) is 0 Å². The molecule has 1 aliphatic heterocycles. The van der Waals surface area contributed by atoms with Gasteiger partial charge in [-0.2, -0.15) is 0 Å². The number of hydrogen-bond donors (Lipinski definition) is 2. The van der Waals surface area contributed by atoms with E-state index in [0.717, 1.165) is 35.2 Å². The maximum Gasteiger partial charge on any atom is 0.410 e. The van der Waals surface area contributed by atoms with Crippen molar-refractivity contribution in [1.29, 1.82) is 0 Å². The van der Waals surface area contributed by atoms with Gasteiger partial charge in [0.1, 0.15) is 11.4 Å². The Morgan fingerprint density at radius 3 is 2.57 bits per heavy atom. The predicted molar refractivity (Wildman–Crippen MR) is 118 cm³/mol. The highest BCUT2D eigenvalue weighted by Gasteiger charge is 2.36. The van der Waals surface area contributed by atoms with Crippen molar-refractivity contribution in [3.8, 4) is 0 Å². The molecule has 1 atom stereocenters. The SMILES string of the molecule is CC(C)(C)OC(=O)N1CCC[C@H]1c1nc2ccc([B]OC(C)(C)C(C)(C)O)cc2[nH]1. The predicted octanol–water partition coefficient (Wildman–Crippen LogP) is 3.45. The van der Waals surface area contributed by atoms with E-state index in [-0.39, 0.29) is 12.1 Å². The molecule has 2 N–H and O–H groups in total. The summed E-state index contributed by atoms with van der Waals surface area (Å²) in [5.74, 6) is 0.767. The molecule has 30 heavy (non-hydrogen) atoms. The summed E-state index contributed by atoms with van der Waals surface area (Å²) in [6, 6.07) is 5.69. The van der Waals surface area contributed by atoms with Crippen LogP contribution < -0.4 is 5.46 Å². The summed E-state index contributed by atoms with van der Waals surface area (Å²) < 4.78 is 11.4. The topological polar surface area (TPSA) is 87.7 Å². The molecule has 163 valence electrons. The minimum atomic E-state index is -0.984. The van der Waals surface area contributed by atoms with Gasteiger partial charge in [-0.1, -0.05) is 11.5 Å². The standard InChI is InChI=1S/C22H33BN3O4/c1-20(2,3)29-19(27)26-12-8-9-17(26)18-24-15-11-10-14(13-16(15)25-18)23-30-22(6,7)21(4,5)28/h10-11,13,17,28H,8-9,12H2,1-7H3,(H,24,25)/t17-/m0/s1. The van der Waals surface area contributed by atoms with E-state index >= 15 is 0 Å². The third-order valence-electron chi connectivity index (χ3n) is 5.68. The van der Waals surface area contributed by atoms with Crippen LogP contribution in [-0.4, -0.2) is 56.9 Å². The molecular formula is C22H33BN3O4. The van der Waals surface area contributed by atoms with Crippen LogP contribution in [0, 0.1) is 0 Å². The molecule has 3 rings (SSSR count). The molecule has 0 saturated carbocycles. The number of carbonyl (C=O) groups is 1. The minimum Gasteiger partial charge on any atom is -0.444 e. The zero-order valence-corrected chi connectivity index (χ0v) is 19.1. The molecule has 2 heterocycles. The number of H-pyrrole nitrogens is 1. The van der Waals surface area contributed by atoms with Gasteiger partial charge >= 0.3 is 13.6 Å². The summed E-state index contributed by atoms with van der Waals surface area (Å²) in [7, 11) is 1.65. The fraction of sp³-hybridized carbons (Fsp3) is 0.636. The average molecular weight is 414 g/mol. The number of hydrogen-bond acceptors (Lipinski definition) is 5. The quantitative estimate of drug-likeness (QED) is 0.732. The second kappa shape index (κ2) is 7.89. The van der Waals surface area contributed by atoms with Crippen LogP contribution in [0.3, 0.4) is 0 Å². The van der Waals surface area contributed by atoms with Crippen LogP contribution in [0.1, 0.15) is 73.2 Å². The lowest BCUT2D eigenvalue weighted by molar-refractivity contribution is -0.0893. The van der Waals surface area contributed by atoms with Crippen LogP contribution in [0.15, 0.2) is 18.2 Å². The van der Waals surface area contributed by atoms with Crippen LogP contribution in [0.2, 0.25) is 0 Å². The summed E-state index contributed by atoms with van der Waals surface area (Å²) in [5, 5.41) is 10.3. The lowest BCUT2D eigenvalue weighted by atomic mass is 9.82. The normalized spacial score (nSPS) is 18.1. The van der Waals surface area contributed by atoms with Crippen molar-refractivity contribution in [2.75, 3.05) is 6.54 Å². The zero-order chi connectivity index (χ0) is 22.3. The molecule has 8 heteroatoms. The van der Waals surface area contributed by atoms with Crippen LogP contribution in [-0.2, 0) is 9.39 Å². The highest BCUT2D eigenvalue weighted by atomic mass is 16.6. The summed E-state index contributed by atoms with van der Waals surface area (Å²) in [6.45, 7) is 13.4. The van der Waals surface area contributed by atoms with Gasteiger partial charge in [-0.15, -0.1) is 0 Å². The van der Waals surface area contributed by atoms with Crippen molar-refractivity contribution in [3.63, 3.8) is 0 Å². The number of carbonyl (C=O) groups excluding carboxylic acids is 1. The molecule has 0 spiro atoms. The molecule has 0 unspecified atom stereocenters. The zero-order valence-electron chi connectivity index (χ0n) is 19.1. The van der Waals surface area contributed by atoms with Gasteiger partial charge in [0.25, 0.3) is 0 Å². The molecule has 1 aromatic heterocycles. The number of ether oxygens (including phenoxy) is 1. The number of aromatic nitrogens is 2. The molecule has 1 radical (unpaired) electrons. The van der Waals surface area contributed by atoms with Crippen molar-refractivity contribution in [1.82, 2.24) is 14.9 Å². The smallest absolute Gasteiger partial charge is 0.410 e. The first-order valence-corrected chi connectivity index (χ1v) is 10.5. The second-order valence-corrected chi connectivity index (χ2v) is 10.0. The molecule has 7 nitrogen and oxygen atoms in total. The number of imidazole rings is 1. The highest BCUT2D eigenvalue weighted by molar-refractivity contribution is 6.47. The molecule has 1 fully saturated rings. The highest BCUT2D eigenvalue weighted by Crippen LogP contribution is 2.32. The van der Waals surface area contributed by atoms with E-state index in [9.17, 15) is 9.90 Å². The van der Waals surface area contributed by atoms with Gasteiger partial charge in [-0.25, -0.2) is 9.78 Å². The van der Waals surface area contributed by atoms with Crippen molar-refractivity contribution in [3.05, 3.63) is 24.0 Å². The maximum atomic E-state index is 12.6. The Labute approximate surface area is 179 Å². The third kappa shape index (κ3) is 4.98.